The minimum atomic E-state index is 0.116. The van der Waals surface area contributed by atoms with Gasteiger partial charge in [0.15, 0.2) is 0 Å². The van der Waals surface area contributed by atoms with Crippen LogP contribution in [0.2, 0.25) is 0 Å². The van der Waals surface area contributed by atoms with E-state index in [-0.39, 0.29) is 5.92 Å². The molecule has 0 aliphatic rings. The number of aromatic nitrogens is 1. The number of rotatable bonds is 5. The molecule has 0 saturated heterocycles. The normalized spacial score (nSPS) is 12.8. The van der Waals surface area contributed by atoms with Crippen LogP contribution in [0.4, 0.5) is 0 Å². The van der Waals surface area contributed by atoms with Gasteiger partial charge in [0.05, 0.1) is 0 Å². The SMILES string of the molecule is CC(C)CC(C=O)Cc1ccccn1. The summed E-state index contributed by atoms with van der Waals surface area (Å²) in [5, 5.41) is 0. The Hall–Kier alpha value is -1.18. The lowest BCUT2D eigenvalue weighted by Gasteiger charge is -2.11. The van der Waals surface area contributed by atoms with Crippen molar-refractivity contribution in [2.75, 3.05) is 0 Å². The molecule has 0 amide bonds. The first-order valence-corrected chi connectivity index (χ1v) is 5.07. The summed E-state index contributed by atoms with van der Waals surface area (Å²) in [4.78, 5) is 15.0. The van der Waals surface area contributed by atoms with E-state index in [4.69, 9.17) is 0 Å². The smallest absolute Gasteiger partial charge is 0.123 e. The molecule has 1 atom stereocenters. The zero-order valence-electron chi connectivity index (χ0n) is 8.81. The fourth-order valence-electron chi connectivity index (χ4n) is 1.58. The summed E-state index contributed by atoms with van der Waals surface area (Å²) in [7, 11) is 0. The van der Waals surface area contributed by atoms with Crippen LogP contribution in [-0.2, 0) is 11.2 Å². The van der Waals surface area contributed by atoms with Gasteiger partial charge in [0, 0.05) is 17.8 Å². The number of hydrogen-bond acceptors (Lipinski definition) is 2. The second-order valence-corrected chi connectivity index (χ2v) is 4.05. The number of aldehydes is 1. The molecular formula is C12H17NO. The number of nitrogens with zero attached hydrogens (tertiary/aromatic N) is 1. The summed E-state index contributed by atoms with van der Waals surface area (Å²) in [6.07, 6.45) is 4.53. The van der Waals surface area contributed by atoms with E-state index in [1.165, 1.54) is 0 Å². The second kappa shape index (κ2) is 5.53. The number of carbonyl (C=O) groups is 1. The van der Waals surface area contributed by atoms with Crippen LogP contribution in [-0.4, -0.2) is 11.3 Å². The molecule has 0 aliphatic carbocycles. The van der Waals surface area contributed by atoms with E-state index in [1.807, 2.05) is 18.2 Å². The average Bonchev–Trinajstić information content (AvgIpc) is 2.17. The Morgan fingerprint density at radius 3 is 2.71 bits per heavy atom. The van der Waals surface area contributed by atoms with Gasteiger partial charge in [-0.1, -0.05) is 19.9 Å². The molecule has 0 spiro atoms. The largest absolute Gasteiger partial charge is 0.303 e. The first-order valence-electron chi connectivity index (χ1n) is 5.07. The van der Waals surface area contributed by atoms with Crippen molar-refractivity contribution in [2.45, 2.75) is 26.7 Å². The van der Waals surface area contributed by atoms with Crippen molar-refractivity contribution in [1.29, 1.82) is 0 Å². The predicted octanol–water partition coefficient (Wildman–Crippen LogP) is 2.49. The van der Waals surface area contributed by atoms with Crippen molar-refractivity contribution in [3.63, 3.8) is 0 Å². The van der Waals surface area contributed by atoms with Gasteiger partial charge >= 0.3 is 0 Å². The van der Waals surface area contributed by atoms with E-state index in [2.05, 4.69) is 18.8 Å². The number of carbonyl (C=O) groups excluding carboxylic acids is 1. The van der Waals surface area contributed by atoms with E-state index in [1.54, 1.807) is 6.20 Å². The van der Waals surface area contributed by atoms with E-state index < -0.39 is 0 Å². The van der Waals surface area contributed by atoms with Gasteiger partial charge in [0.2, 0.25) is 0 Å². The summed E-state index contributed by atoms with van der Waals surface area (Å²) in [6, 6.07) is 5.82. The maximum absolute atomic E-state index is 10.8. The summed E-state index contributed by atoms with van der Waals surface area (Å²) in [6.45, 7) is 4.27. The first-order chi connectivity index (χ1) is 6.72. The highest BCUT2D eigenvalue weighted by Gasteiger charge is 2.10. The number of hydrogen-bond donors (Lipinski definition) is 0. The molecule has 1 aromatic heterocycles. The van der Waals surface area contributed by atoms with Gasteiger partial charge < -0.3 is 4.79 Å². The van der Waals surface area contributed by atoms with Crippen LogP contribution >= 0.6 is 0 Å². The highest BCUT2D eigenvalue weighted by Crippen LogP contribution is 2.13. The summed E-state index contributed by atoms with van der Waals surface area (Å²) >= 11 is 0. The molecule has 1 unspecified atom stereocenters. The topological polar surface area (TPSA) is 30.0 Å². The quantitative estimate of drug-likeness (QED) is 0.669. The molecule has 1 aromatic rings. The second-order valence-electron chi connectivity index (χ2n) is 4.05. The molecule has 2 nitrogen and oxygen atoms in total. The van der Waals surface area contributed by atoms with E-state index >= 15 is 0 Å². The maximum Gasteiger partial charge on any atom is 0.123 e. The minimum Gasteiger partial charge on any atom is -0.303 e. The molecule has 14 heavy (non-hydrogen) atoms. The lowest BCUT2D eigenvalue weighted by Crippen LogP contribution is -2.10. The molecule has 0 radical (unpaired) electrons. The lowest BCUT2D eigenvalue weighted by atomic mass is 9.94. The third-order valence-corrected chi connectivity index (χ3v) is 2.16. The van der Waals surface area contributed by atoms with Crippen LogP contribution in [0.1, 0.15) is 26.0 Å². The molecule has 0 aromatic carbocycles. The Morgan fingerprint density at radius 2 is 2.21 bits per heavy atom. The molecule has 2 heteroatoms. The Bertz CT molecular complexity index is 269. The molecule has 1 heterocycles. The Morgan fingerprint density at radius 1 is 1.43 bits per heavy atom. The van der Waals surface area contributed by atoms with Crippen molar-refractivity contribution in [2.24, 2.45) is 11.8 Å². The van der Waals surface area contributed by atoms with E-state index in [0.29, 0.717) is 5.92 Å². The van der Waals surface area contributed by atoms with Crippen molar-refractivity contribution < 1.29 is 4.79 Å². The molecule has 0 saturated carbocycles. The molecule has 1 rings (SSSR count). The maximum atomic E-state index is 10.8. The third kappa shape index (κ3) is 3.69. The fourth-order valence-corrected chi connectivity index (χ4v) is 1.58. The Labute approximate surface area is 85.4 Å². The zero-order chi connectivity index (χ0) is 10.4. The molecule has 0 aliphatic heterocycles. The van der Waals surface area contributed by atoms with Gasteiger partial charge in [-0.15, -0.1) is 0 Å². The zero-order valence-corrected chi connectivity index (χ0v) is 8.81. The van der Waals surface area contributed by atoms with Crippen LogP contribution < -0.4 is 0 Å². The van der Waals surface area contributed by atoms with Gasteiger partial charge in [-0.3, -0.25) is 4.98 Å². The van der Waals surface area contributed by atoms with Crippen molar-refractivity contribution >= 4 is 6.29 Å². The average molecular weight is 191 g/mol. The highest BCUT2D eigenvalue weighted by molar-refractivity contribution is 5.54. The molecule has 0 fully saturated rings. The van der Waals surface area contributed by atoms with Gasteiger partial charge in [-0.2, -0.15) is 0 Å². The minimum absolute atomic E-state index is 0.116. The highest BCUT2D eigenvalue weighted by atomic mass is 16.1. The molecular weight excluding hydrogens is 174 g/mol. The van der Waals surface area contributed by atoms with Crippen molar-refractivity contribution in [1.82, 2.24) is 4.98 Å². The van der Waals surface area contributed by atoms with Gasteiger partial charge in [0.25, 0.3) is 0 Å². The van der Waals surface area contributed by atoms with E-state index in [9.17, 15) is 4.79 Å². The fraction of sp³-hybridized carbons (Fsp3) is 0.500. The number of pyridine rings is 1. The summed E-state index contributed by atoms with van der Waals surface area (Å²) in [5.74, 6) is 0.679. The van der Waals surface area contributed by atoms with Crippen molar-refractivity contribution in [3.05, 3.63) is 30.1 Å². The third-order valence-electron chi connectivity index (χ3n) is 2.16. The summed E-state index contributed by atoms with van der Waals surface area (Å²) < 4.78 is 0. The predicted molar refractivity (Wildman–Crippen MR) is 57.0 cm³/mol. The van der Waals surface area contributed by atoms with E-state index in [0.717, 1.165) is 24.8 Å². The van der Waals surface area contributed by atoms with Gasteiger partial charge in [0.1, 0.15) is 6.29 Å². The first kappa shape index (κ1) is 10.9. The monoisotopic (exact) mass is 191 g/mol. The van der Waals surface area contributed by atoms with Gasteiger partial charge in [-0.05, 0) is 30.9 Å². The lowest BCUT2D eigenvalue weighted by molar-refractivity contribution is -0.111. The summed E-state index contributed by atoms with van der Waals surface area (Å²) in [5.41, 5.74) is 1.00. The van der Waals surface area contributed by atoms with Crippen LogP contribution in [0.25, 0.3) is 0 Å². The Balaban J connectivity index is 2.53. The van der Waals surface area contributed by atoms with Crippen LogP contribution in [0.15, 0.2) is 24.4 Å². The van der Waals surface area contributed by atoms with Crippen LogP contribution in [0.3, 0.4) is 0 Å². The van der Waals surface area contributed by atoms with Crippen LogP contribution in [0.5, 0.6) is 0 Å². The van der Waals surface area contributed by atoms with Gasteiger partial charge in [-0.25, -0.2) is 0 Å². The Kier molecular flexibility index (Phi) is 4.30. The van der Waals surface area contributed by atoms with Crippen LogP contribution in [0, 0.1) is 11.8 Å². The van der Waals surface area contributed by atoms with Crippen molar-refractivity contribution in [3.8, 4) is 0 Å². The standard InChI is InChI=1S/C12H17NO/c1-10(2)7-11(9-14)8-12-5-3-4-6-13-12/h3-6,9-11H,7-8H2,1-2H3. The molecule has 76 valence electrons. The molecule has 0 bridgehead atoms. The molecule has 0 N–H and O–H groups in total.